The molecule has 0 bridgehead atoms. The van der Waals surface area contributed by atoms with E-state index in [0.717, 1.165) is 3.79 Å². The number of hydrogen-bond acceptors (Lipinski definition) is 3. The van der Waals surface area contributed by atoms with E-state index in [-0.39, 0.29) is 24.4 Å². The molecule has 0 spiro atoms. The van der Waals surface area contributed by atoms with Gasteiger partial charge in [0.15, 0.2) is 0 Å². The SMILES string of the molecule is CCN(CC(=O)NC(C)C)C(=O)c1csc(Br)c1. The second-order valence-corrected chi connectivity index (χ2v) is 6.47. The van der Waals surface area contributed by atoms with Gasteiger partial charge in [-0.1, -0.05) is 0 Å². The molecule has 0 radical (unpaired) electrons. The van der Waals surface area contributed by atoms with Crippen molar-refractivity contribution in [3.8, 4) is 0 Å². The van der Waals surface area contributed by atoms with Gasteiger partial charge in [-0.05, 0) is 42.8 Å². The molecule has 1 N–H and O–H groups in total. The van der Waals surface area contributed by atoms with E-state index in [1.807, 2.05) is 20.8 Å². The van der Waals surface area contributed by atoms with Crippen molar-refractivity contribution < 1.29 is 9.59 Å². The number of halogens is 1. The summed E-state index contributed by atoms with van der Waals surface area (Å²) >= 11 is 4.78. The van der Waals surface area contributed by atoms with Crippen molar-refractivity contribution >= 4 is 39.1 Å². The molecule has 1 aromatic rings. The van der Waals surface area contributed by atoms with Crippen molar-refractivity contribution in [2.45, 2.75) is 26.8 Å². The molecule has 0 aliphatic rings. The third-order valence-corrected chi connectivity index (χ3v) is 3.77. The second-order valence-electron chi connectivity index (χ2n) is 4.18. The van der Waals surface area contributed by atoms with Gasteiger partial charge in [0, 0.05) is 18.0 Å². The van der Waals surface area contributed by atoms with E-state index in [0.29, 0.717) is 12.1 Å². The summed E-state index contributed by atoms with van der Waals surface area (Å²) in [6, 6.07) is 1.86. The Balaban J connectivity index is 2.66. The van der Waals surface area contributed by atoms with Gasteiger partial charge in [-0.3, -0.25) is 9.59 Å². The van der Waals surface area contributed by atoms with E-state index in [4.69, 9.17) is 0 Å². The first-order valence-corrected chi connectivity index (χ1v) is 7.44. The van der Waals surface area contributed by atoms with Crippen LogP contribution in [-0.2, 0) is 4.79 Å². The highest BCUT2D eigenvalue weighted by molar-refractivity contribution is 9.11. The first-order valence-electron chi connectivity index (χ1n) is 5.76. The Morgan fingerprint density at radius 1 is 1.50 bits per heavy atom. The van der Waals surface area contributed by atoms with E-state index in [2.05, 4.69) is 21.2 Å². The normalized spacial score (nSPS) is 10.5. The second kappa shape index (κ2) is 6.89. The number of carbonyl (C=O) groups excluding carboxylic acids is 2. The maximum atomic E-state index is 12.1. The van der Waals surface area contributed by atoms with Crippen LogP contribution < -0.4 is 5.32 Å². The number of likely N-dealkylation sites (N-methyl/N-ethyl adjacent to an activating group) is 1. The Morgan fingerprint density at radius 2 is 2.17 bits per heavy atom. The van der Waals surface area contributed by atoms with Gasteiger partial charge in [-0.25, -0.2) is 0 Å². The van der Waals surface area contributed by atoms with Crippen LogP contribution in [-0.4, -0.2) is 35.8 Å². The van der Waals surface area contributed by atoms with E-state index < -0.39 is 0 Å². The number of nitrogens with one attached hydrogen (secondary N) is 1. The maximum Gasteiger partial charge on any atom is 0.255 e. The Hall–Kier alpha value is -0.880. The van der Waals surface area contributed by atoms with Crippen molar-refractivity contribution in [2.24, 2.45) is 0 Å². The van der Waals surface area contributed by atoms with Crippen molar-refractivity contribution in [3.63, 3.8) is 0 Å². The number of carbonyl (C=O) groups is 2. The van der Waals surface area contributed by atoms with E-state index in [9.17, 15) is 9.59 Å². The predicted molar refractivity (Wildman–Crippen MR) is 76.9 cm³/mol. The Kier molecular flexibility index (Phi) is 5.81. The highest BCUT2D eigenvalue weighted by atomic mass is 79.9. The summed E-state index contributed by atoms with van der Waals surface area (Å²) in [6.45, 7) is 6.26. The molecule has 2 amide bonds. The smallest absolute Gasteiger partial charge is 0.255 e. The van der Waals surface area contributed by atoms with Crippen LogP contribution in [0, 0.1) is 0 Å². The molecule has 1 rings (SSSR count). The van der Waals surface area contributed by atoms with Crippen LogP contribution in [0.5, 0.6) is 0 Å². The fourth-order valence-electron chi connectivity index (χ4n) is 1.47. The molecule has 0 aromatic carbocycles. The lowest BCUT2D eigenvalue weighted by Crippen LogP contribution is -2.42. The van der Waals surface area contributed by atoms with Crippen molar-refractivity contribution in [2.75, 3.05) is 13.1 Å². The molecule has 1 aromatic heterocycles. The molecule has 0 saturated carbocycles. The van der Waals surface area contributed by atoms with Crippen LogP contribution in [0.2, 0.25) is 0 Å². The Bertz CT molecular complexity index is 431. The molecule has 4 nitrogen and oxygen atoms in total. The van der Waals surface area contributed by atoms with E-state index in [1.54, 1.807) is 11.4 Å². The Morgan fingerprint density at radius 3 is 2.61 bits per heavy atom. The standard InChI is InChI=1S/C12H17BrN2O2S/c1-4-15(6-11(16)14-8(2)3)12(17)9-5-10(13)18-7-9/h5,7-8H,4,6H2,1-3H3,(H,14,16). The van der Waals surface area contributed by atoms with Crippen molar-refractivity contribution in [1.29, 1.82) is 0 Å². The molecule has 0 atom stereocenters. The highest BCUT2D eigenvalue weighted by Crippen LogP contribution is 2.21. The lowest BCUT2D eigenvalue weighted by atomic mass is 10.3. The quantitative estimate of drug-likeness (QED) is 0.900. The van der Waals surface area contributed by atoms with Crippen molar-refractivity contribution in [1.82, 2.24) is 10.2 Å². The van der Waals surface area contributed by atoms with Gasteiger partial charge < -0.3 is 10.2 Å². The third-order valence-electron chi connectivity index (χ3n) is 2.27. The summed E-state index contributed by atoms with van der Waals surface area (Å²) in [7, 11) is 0. The predicted octanol–water partition coefficient (Wildman–Crippen LogP) is 2.50. The van der Waals surface area contributed by atoms with Crippen LogP contribution in [0.15, 0.2) is 15.2 Å². The summed E-state index contributed by atoms with van der Waals surface area (Å²) in [4.78, 5) is 25.3. The molecular weight excluding hydrogens is 316 g/mol. The van der Waals surface area contributed by atoms with Crippen molar-refractivity contribution in [3.05, 3.63) is 20.8 Å². The first-order chi connectivity index (χ1) is 8.43. The maximum absolute atomic E-state index is 12.1. The van der Waals surface area contributed by atoms with Crippen LogP contribution in [0.3, 0.4) is 0 Å². The fraction of sp³-hybridized carbons (Fsp3) is 0.500. The molecule has 100 valence electrons. The minimum absolute atomic E-state index is 0.0848. The number of thiophene rings is 1. The third kappa shape index (κ3) is 4.42. The summed E-state index contributed by atoms with van der Waals surface area (Å²) in [6.07, 6.45) is 0. The lowest BCUT2D eigenvalue weighted by molar-refractivity contribution is -0.122. The number of hydrogen-bond donors (Lipinski definition) is 1. The van der Waals surface area contributed by atoms with Gasteiger partial charge >= 0.3 is 0 Å². The summed E-state index contributed by atoms with van der Waals surface area (Å²) < 4.78 is 0.911. The lowest BCUT2D eigenvalue weighted by Gasteiger charge is -2.20. The number of nitrogens with zero attached hydrogens (tertiary/aromatic N) is 1. The molecule has 6 heteroatoms. The number of rotatable bonds is 5. The van der Waals surface area contributed by atoms with E-state index in [1.165, 1.54) is 16.2 Å². The van der Waals surface area contributed by atoms with Gasteiger partial charge in [0.2, 0.25) is 5.91 Å². The molecule has 18 heavy (non-hydrogen) atoms. The molecule has 0 aliphatic heterocycles. The molecule has 0 unspecified atom stereocenters. The summed E-state index contributed by atoms with van der Waals surface area (Å²) in [5, 5.41) is 4.57. The monoisotopic (exact) mass is 332 g/mol. The van der Waals surface area contributed by atoms with Gasteiger partial charge in [-0.15, -0.1) is 11.3 Å². The van der Waals surface area contributed by atoms with Gasteiger partial charge in [0.25, 0.3) is 5.91 Å². The zero-order chi connectivity index (χ0) is 13.7. The van der Waals surface area contributed by atoms with Crippen LogP contribution >= 0.6 is 27.3 Å². The largest absolute Gasteiger partial charge is 0.352 e. The summed E-state index contributed by atoms with van der Waals surface area (Å²) in [5.41, 5.74) is 0.617. The van der Waals surface area contributed by atoms with Gasteiger partial charge in [0.05, 0.1) is 15.9 Å². The minimum Gasteiger partial charge on any atom is -0.352 e. The minimum atomic E-state index is -0.130. The van der Waals surface area contributed by atoms with Crippen LogP contribution in [0.4, 0.5) is 0 Å². The topological polar surface area (TPSA) is 49.4 Å². The van der Waals surface area contributed by atoms with Gasteiger partial charge in [-0.2, -0.15) is 0 Å². The van der Waals surface area contributed by atoms with Crippen LogP contribution in [0.1, 0.15) is 31.1 Å². The fourth-order valence-corrected chi connectivity index (χ4v) is 2.60. The van der Waals surface area contributed by atoms with Crippen LogP contribution in [0.25, 0.3) is 0 Å². The average molecular weight is 333 g/mol. The first kappa shape index (κ1) is 15.2. The average Bonchev–Trinajstić information content (AvgIpc) is 2.70. The summed E-state index contributed by atoms with van der Waals surface area (Å²) in [5.74, 6) is -0.243. The molecule has 1 heterocycles. The van der Waals surface area contributed by atoms with Gasteiger partial charge in [0.1, 0.15) is 0 Å². The van der Waals surface area contributed by atoms with E-state index >= 15 is 0 Å². The zero-order valence-electron chi connectivity index (χ0n) is 10.7. The molecular formula is C12H17BrN2O2S. The Labute approximate surface area is 119 Å². The highest BCUT2D eigenvalue weighted by Gasteiger charge is 2.18. The molecule has 0 fully saturated rings. The molecule has 0 aliphatic carbocycles. The molecule has 0 saturated heterocycles. The zero-order valence-corrected chi connectivity index (χ0v) is 13.1. The number of amides is 2.